The van der Waals surface area contributed by atoms with Crippen LogP contribution in [-0.2, 0) is 9.59 Å². The van der Waals surface area contributed by atoms with E-state index in [2.05, 4.69) is 30.3 Å². The van der Waals surface area contributed by atoms with Crippen molar-refractivity contribution in [1.82, 2.24) is 14.8 Å². The maximum atomic E-state index is 12.6. The van der Waals surface area contributed by atoms with Gasteiger partial charge in [0.1, 0.15) is 5.57 Å². The van der Waals surface area contributed by atoms with Crippen LogP contribution in [0.2, 0.25) is 0 Å². The van der Waals surface area contributed by atoms with E-state index in [-0.39, 0.29) is 18.2 Å². The van der Waals surface area contributed by atoms with E-state index >= 15 is 0 Å². The van der Waals surface area contributed by atoms with E-state index in [4.69, 9.17) is 0 Å². The molecule has 134 valence electrons. The zero-order valence-electron chi connectivity index (χ0n) is 14.9. The first-order valence-electron chi connectivity index (χ1n) is 8.57. The molecule has 0 spiro atoms. The fourth-order valence-electron chi connectivity index (χ4n) is 3.05. The lowest BCUT2D eigenvalue weighted by Gasteiger charge is -2.25. The summed E-state index contributed by atoms with van der Waals surface area (Å²) in [6.45, 7) is 7.81. The molecule has 0 aliphatic carbocycles. The van der Waals surface area contributed by atoms with Crippen LogP contribution in [0.3, 0.4) is 0 Å². The normalized spacial score (nSPS) is 17.7. The molecule has 1 aliphatic rings. The minimum Gasteiger partial charge on any atom is -0.344 e. The molecule has 1 aromatic carbocycles. The van der Waals surface area contributed by atoms with Crippen LogP contribution in [0.5, 0.6) is 0 Å². The van der Waals surface area contributed by atoms with Gasteiger partial charge in [0.05, 0.1) is 0 Å². The number of para-hydroxylation sites is 1. The topological polar surface area (TPSA) is 71.4 Å². The molecule has 1 aromatic heterocycles. The highest BCUT2D eigenvalue weighted by atomic mass is 16.2. The van der Waals surface area contributed by atoms with Crippen LogP contribution in [0.4, 0.5) is 4.79 Å². The van der Waals surface area contributed by atoms with Crippen molar-refractivity contribution >= 4 is 34.8 Å². The second-order valence-electron chi connectivity index (χ2n) is 6.29. The molecule has 1 aliphatic heterocycles. The summed E-state index contributed by atoms with van der Waals surface area (Å²) in [5, 5.41) is 3.16. The fourth-order valence-corrected chi connectivity index (χ4v) is 3.05. The van der Waals surface area contributed by atoms with Crippen molar-refractivity contribution in [2.24, 2.45) is 0 Å². The first-order chi connectivity index (χ1) is 12.5. The predicted molar refractivity (Wildman–Crippen MR) is 100 cm³/mol. The van der Waals surface area contributed by atoms with Crippen molar-refractivity contribution in [3.05, 3.63) is 54.3 Å². The molecule has 0 saturated carbocycles. The predicted octanol–water partition coefficient (Wildman–Crippen LogP) is 3.26. The number of hydrogen-bond acceptors (Lipinski definition) is 3. The molecule has 1 atom stereocenters. The van der Waals surface area contributed by atoms with Crippen molar-refractivity contribution in [1.29, 1.82) is 0 Å². The van der Waals surface area contributed by atoms with E-state index in [1.54, 1.807) is 6.08 Å². The number of fused-ring (bicyclic) bond motifs is 1. The van der Waals surface area contributed by atoms with Gasteiger partial charge in [-0.3, -0.25) is 19.8 Å². The second kappa shape index (κ2) is 7.00. The average molecular weight is 351 g/mol. The number of urea groups is 1. The lowest BCUT2D eigenvalue weighted by molar-refractivity contribution is -0.129. The quantitative estimate of drug-likeness (QED) is 0.511. The van der Waals surface area contributed by atoms with Crippen molar-refractivity contribution in [3.63, 3.8) is 0 Å². The number of aromatic nitrogens is 1. The molecular formula is C20H21N3O3. The van der Waals surface area contributed by atoms with Gasteiger partial charge in [0, 0.05) is 35.2 Å². The number of benzene rings is 1. The molecule has 1 saturated heterocycles. The Balaban J connectivity index is 2.11. The van der Waals surface area contributed by atoms with Gasteiger partial charge in [0.15, 0.2) is 0 Å². The van der Waals surface area contributed by atoms with Gasteiger partial charge >= 0.3 is 6.03 Å². The largest absolute Gasteiger partial charge is 0.344 e. The fraction of sp³-hybridized carbons (Fsp3) is 0.250. The maximum absolute atomic E-state index is 12.6. The van der Waals surface area contributed by atoms with Crippen molar-refractivity contribution < 1.29 is 14.4 Å². The number of carbonyl (C=O) groups excluding carboxylic acids is 3. The molecule has 1 fully saturated rings. The van der Waals surface area contributed by atoms with Crippen LogP contribution in [0.15, 0.2) is 48.7 Å². The summed E-state index contributed by atoms with van der Waals surface area (Å²) in [6, 6.07) is 7.40. The molecule has 3 rings (SSSR count). The summed E-state index contributed by atoms with van der Waals surface area (Å²) in [5.41, 5.74) is 1.75. The highest BCUT2D eigenvalue weighted by Crippen LogP contribution is 2.28. The van der Waals surface area contributed by atoms with E-state index in [0.29, 0.717) is 0 Å². The lowest BCUT2D eigenvalue weighted by Crippen LogP contribution is -2.54. The van der Waals surface area contributed by atoms with Gasteiger partial charge in [-0.15, -0.1) is 6.58 Å². The minimum atomic E-state index is -0.723. The third-order valence-corrected chi connectivity index (χ3v) is 4.63. The molecule has 1 unspecified atom stereocenters. The lowest BCUT2D eigenvalue weighted by atomic mass is 10.1. The summed E-state index contributed by atoms with van der Waals surface area (Å²) < 4.78 is 2.14. The van der Waals surface area contributed by atoms with Crippen LogP contribution >= 0.6 is 0 Å². The van der Waals surface area contributed by atoms with E-state index in [9.17, 15) is 14.4 Å². The summed E-state index contributed by atoms with van der Waals surface area (Å²) >= 11 is 0. The third-order valence-electron chi connectivity index (χ3n) is 4.63. The number of carbonyl (C=O) groups is 3. The Labute approximate surface area is 151 Å². The Hall–Kier alpha value is -3.15. The Bertz CT molecular complexity index is 939. The maximum Gasteiger partial charge on any atom is 0.331 e. The number of nitrogens with zero attached hydrogens (tertiary/aromatic N) is 2. The Morgan fingerprint density at radius 1 is 1.23 bits per heavy atom. The van der Waals surface area contributed by atoms with Crippen molar-refractivity contribution in [2.45, 2.75) is 26.3 Å². The highest BCUT2D eigenvalue weighted by molar-refractivity contribution is 6.31. The summed E-state index contributed by atoms with van der Waals surface area (Å²) in [5.74, 6) is -1.29. The van der Waals surface area contributed by atoms with Gasteiger partial charge in [-0.1, -0.05) is 31.2 Å². The summed E-state index contributed by atoms with van der Waals surface area (Å²) in [4.78, 5) is 37.6. The van der Waals surface area contributed by atoms with Crippen molar-refractivity contribution in [3.8, 4) is 0 Å². The smallest absolute Gasteiger partial charge is 0.331 e. The number of amides is 4. The molecule has 1 N–H and O–H groups in total. The van der Waals surface area contributed by atoms with Gasteiger partial charge < -0.3 is 4.57 Å². The van der Waals surface area contributed by atoms with Crippen LogP contribution in [0.1, 0.15) is 31.9 Å². The van der Waals surface area contributed by atoms with Crippen molar-refractivity contribution in [2.75, 3.05) is 6.54 Å². The van der Waals surface area contributed by atoms with Gasteiger partial charge in [-0.2, -0.15) is 0 Å². The van der Waals surface area contributed by atoms with E-state index in [1.807, 2.05) is 30.5 Å². The number of nitrogens with one attached hydrogen (secondary N) is 1. The molecule has 0 bridgehead atoms. The average Bonchev–Trinajstić information content (AvgIpc) is 3.00. The number of rotatable bonds is 5. The van der Waals surface area contributed by atoms with Gasteiger partial charge in [0.25, 0.3) is 11.8 Å². The molecule has 2 aromatic rings. The monoisotopic (exact) mass is 351 g/mol. The zero-order valence-corrected chi connectivity index (χ0v) is 14.9. The van der Waals surface area contributed by atoms with Crippen LogP contribution in [0.25, 0.3) is 17.0 Å². The number of barbiturate groups is 1. The van der Waals surface area contributed by atoms with Gasteiger partial charge in [-0.05, 0) is 25.5 Å². The summed E-state index contributed by atoms with van der Waals surface area (Å²) in [6.07, 6.45) is 5.90. The SMILES string of the molecule is C=CCN1C(=O)NC(=O)/C(=C\c2cn(C(C)CC)c3ccccc23)C1=O. The molecule has 6 nitrogen and oxygen atoms in total. The first kappa shape index (κ1) is 17.7. The molecule has 6 heteroatoms. The van der Waals surface area contributed by atoms with Crippen LogP contribution in [0, 0.1) is 0 Å². The first-order valence-corrected chi connectivity index (χ1v) is 8.57. The number of imide groups is 2. The Morgan fingerprint density at radius 2 is 1.96 bits per heavy atom. The van der Waals surface area contributed by atoms with Crippen LogP contribution < -0.4 is 5.32 Å². The van der Waals surface area contributed by atoms with Crippen LogP contribution in [-0.4, -0.2) is 33.9 Å². The molecule has 4 amide bonds. The molecule has 0 radical (unpaired) electrons. The number of hydrogen-bond donors (Lipinski definition) is 1. The standard InChI is InChI=1S/C20H21N3O3/c1-4-10-22-19(25)16(18(24)21-20(22)26)11-14-12-23(13(3)5-2)17-9-7-6-8-15(14)17/h4,6-9,11-13H,1,5,10H2,2-3H3,(H,21,24,26)/b16-11+. The van der Waals surface area contributed by atoms with E-state index in [1.165, 1.54) is 6.08 Å². The van der Waals surface area contributed by atoms with Gasteiger partial charge in [-0.25, -0.2) is 4.79 Å². The minimum absolute atomic E-state index is 0.0456. The van der Waals surface area contributed by atoms with E-state index in [0.717, 1.165) is 27.8 Å². The second-order valence-corrected chi connectivity index (χ2v) is 6.29. The van der Waals surface area contributed by atoms with E-state index < -0.39 is 17.8 Å². The zero-order chi connectivity index (χ0) is 18.8. The Morgan fingerprint density at radius 3 is 2.65 bits per heavy atom. The van der Waals surface area contributed by atoms with Gasteiger partial charge in [0.2, 0.25) is 0 Å². The molecular weight excluding hydrogens is 330 g/mol. The molecule has 26 heavy (non-hydrogen) atoms. The highest BCUT2D eigenvalue weighted by Gasteiger charge is 2.35. The summed E-state index contributed by atoms with van der Waals surface area (Å²) in [7, 11) is 0. The third kappa shape index (κ3) is 2.94. The molecule has 2 heterocycles. The Kier molecular flexibility index (Phi) is 4.75.